The Morgan fingerprint density at radius 1 is 0.929 bits per heavy atom. The van der Waals surface area contributed by atoms with Gasteiger partial charge >= 0.3 is 0 Å². The van der Waals surface area contributed by atoms with Crippen molar-refractivity contribution in [3.05, 3.63) is 72.1 Å². The number of carbonyl (C=O) groups excluding carboxylic acids is 2. The summed E-state index contributed by atoms with van der Waals surface area (Å²) in [6.45, 7) is 1.27. The second-order valence-corrected chi connectivity index (χ2v) is 6.74. The van der Waals surface area contributed by atoms with Crippen molar-refractivity contribution < 1.29 is 14.3 Å². The van der Waals surface area contributed by atoms with Crippen molar-refractivity contribution in [2.24, 2.45) is 0 Å². The first kappa shape index (κ1) is 18.1. The van der Waals surface area contributed by atoms with Crippen LogP contribution in [0.25, 0.3) is 10.8 Å². The Balaban J connectivity index is 1.56. The molecule has 2 N–H and O–H groups in total. The van der Waals surface area contributed by atoms with Gasteiger partial charge in [-0.15, -0.1) is 0 Å². The first-order valence-electron chi connectivity index (χ1n) is 9.35. The molecule has 1 fully saturated rings. The fraction of sp³-hybridized carbons (Fsp3) is 0.227. The van der Waals surface area contributed by atoms with Gasteiger partial charge in [0.25, 0.3) is 11.8 Å². The van der Waals surface area contributed by atoms with E-state index in [1.54, 1.807) is 24.4 Å². The van der Waals surface area contributed by atoms with Gasteiger partial charge in [-0.3, -0.25) is 9.59 Å². The zero-order chi connectivity index (χ0) is 19.3. The molecule has 6 nitrogen and oxygen atoms in total. The molecule has 2 amide bonds. The summed E-state index contributed by atoms with van der Waals surface area (Å²) in [4.78, 5) is 29.8. The molecule has 0 unspecified atom stereocenters. The lowest BCUT2D eigenvalue weighted by atomic mass is 10.0. The van der Waals surface area contributed by atoms with Crippen LogP contribution in [0.2, 0.25) is 0 Å². The van der Waals surface area contributed by atoms with E-state index in [9.17, 15) is 9.59 Å². The number of carbonyl (C=O) groups is 2. The van der Waals surface area contributed by atoms with E-state index >= 15 is 0 Å². The van der Waals surface area contributed by atoms with Gasteiger partial charge in [0.2, 0.25) is 0 Å². The molecular formula is C22H21N3O3. The molecule has 2 heterocycles. The summed E-state index contributed by atoms with van der Waals surface area (Å²) in [6.07, 6.45) is 3.10. The number of benzene rings is 2. The minimum atomic E-state index is -0.291. The molecule has 0 saturated carbocycles. The largest absolute Gasteiger partial charge is 0.381 e. The van der Waals surface area contributed by atoms with Crippen molar-refractivity contribution in [2.45, 2.75) is 18.9 Å². The highest BCUT2D eigenvalue weighted by Crippen LogP contribution is 2.21. The Morgan fingerprint density at radius 2 is 1.71 bits per heavy atom. The molecule has 28 heavy (non-hydrogen) atoms. The normalized spacial score (nSPS) is 14.6. The lowest BCUT2D eigenvalue weighted by Crippen LogP contribution is -2.39. The minimum absolute atomic E-state index is 0.0601. The second kappa shape index (κ2) is 8.19. The highest BCUT2D eigenvalue weighted by atomic mass is 16.5. The molecule has 2 aromatic carbocycles. The van der Waals surface area contributed by atoms with E-state index in [4.69, 9.17) is 4.74 Å². The molecule has 1 aromatic heterocycles. The van der Waals surface area contributed by atoms with Crippen molar-refractivity contribution in [1.82, 2.24) is 10.3 Å². The highest BCUT2D eigenvalue weighted by molar-refractivity contribution is 6.14. The van der Waals surface area contributed by atoms with Gasteiger partial charge < -0.3 is 15.4 Å². The third-order valence-electron chi connectivity index (χ3n) is 4.86. The molecule has 1 aliphatic rings. The van der Waals surface area contributed by atoms with Crippen LogP contribution in [0.5, 0.6) is 0 Å². The average Bonchev–Trinajstić information content (AvgIpc) is 2.74. The predicted octanol–water partition coefficient (Wildman–Crippen LogP) is 3.40. The topological polar surface area (TPSA) is 80.3 Å². The van der Waals surface area contributed by atoms with E-state index in [0.717, 1.165) is 23.6 Å². The standard InChI is InChI=1S/C22H21N3O3/c26-21(18-8-3-6-15-5-1-2-7-17(15)18)25-19-9-4-12-23-20(19)22(27)24-16-10-13-28-14-11-16/h1-9,12,16H,10-11,13-14H2,(H,24,27)(H,25,26). The lowest BCUT2D eigenvalue weighted by molar-refractivity contribution is 0.0694. The van der Waals surface area contributed by atoms with Crippen LogP contribution < -0.4 is 10.6 Å². The number of amides is 2. The number of anilines is 1. The minimum Gasteiger partial charge on any atom is -0.381 e. The van der Waals surface area contributed by atoms with Gasteiger partial charge in [-0.25, -0.2) is 4.98 Å². The number of fused-ring (bicyclic) bond motifs is 1. The maximum atomic E-state index is 12.9. The summed E-state index contributed by atoms with van der Waals surface area (Å²) >= 11 is 0. The number of aromatic nitrogens is 1. The summed E-state index contributed by atoms with van der Waals surface area (Å²) in [6, 6.07) is 16.7. The van der Waals surface area contributed by atoms with E-state index < -0.39 is 0 Å². The van der Waals surface area contributed by atoms with Crippen LogP contribution >= 0.6 is 0 Å². The molecule has 0 bridgehead atoms. The van der Waals surface area contributed by atoms with Gasteiger partial charge in [0.15, 0.2) is 5.69 Å². The summed E-state index contributed by atoms with van der Waals surface area (Å²) < 4.78 is 5.32. The van der Waals surface area contributed by atoms with E-state index in [2.05, 4.69) is 15.6 Å². The first-order valence-corrected chi connectivity index (χ1v) is 9.35. The Hall–Kier alpha value is -3.25. The number of hydrogen-bond acceptors (Lipinski definition) is 4. The van der Waals surface area contributed by atoms with Crippen LogP contribution in [-0.2, 0) is 4.74 Å². The van der Waals surface area contributed by atoms with Gasteiger partial charge in [0, 0.05) is 31.0 Å². The molecule has 0 radical (unpaired) electrons. The van der Waals surface area contributed by atoms with Gasteiger partial charge in [0.05, 0.1) is 5.69 Å². The number of nitrogens with one attached hydrogen (secondary N) is 2. The second-order valence-electron chi connectivity index (χ2n) is 6.74. The molecule has 4 rings (SSSR count). The fourth-order valence-corrected chi connectivity index (χ4v) is 3.40. The zero-order valence-corrected chi connectivity index (χ0v) is 15.4. The van der Waals surface area contributed by atoms with Gasteiger partial charge in [-0.1, -0.05) is 36.4 Å². The molecule has 3 aromatic rings. The Kier molecular flexibility index (Phi) is 5.30. The highest BCUT2D eigenvalue weighted by Gasteiger charge is 2.21. The van der Waals surface area contributed by atoms with E-state index in [0.29, 0.717) is 24.5 Å². The zero-order valence-electron chi connectivity index (χ0n) is 15.4. The van der Waals surface area contributed by atoms with Gasteiger partial charge in [0.1, 0.15) is 0 Å². The SMILES string of the molecule is O=C(NC1CCOCC1)c1ncccc1NC(=O)c1cccc2ccccc12. The third kappa shape index (κ3) is 3.87. The van der Waals surface area contributed by atoms with E-state index in [-0.39, 0.29) is 23.6 Å². The Bertz CT molecular complexity index is 1010. The van der Waals surface area contributed by atoms with Crippen LogP contribution in [0.3, 0.4) is 0 Å². The third-order valence-corrected chi connectivity index (χ3v) is 4.86. The van der Waals surface area contributed by atoms with Crippen molar-refractivity contribution >= 4 is 28.3 Å². The van der Waals surface area contributed by atoms with Crippen LogP contribution in [-0.4, -0.2) is 36.1 Å². The molecule has 6 heteroatoms. The predicted molar refractivity (Wildman–Crippen MR) is 107 cm³/mol. The summed E-state index contributed by atoms with van der Waals surface area (Å²) in [7, 11) is 0. The first-order chi connectivity index (χ1) is 13.7. The van der Waals surface area contributed by atoms with E-state index in [1.807, 2.05) is 36.4 Å². The number of hydrogen-bond donors (Lipinski definition) is 2. The Labute approximate surface area is 162 Å². The Morgan fingerprint density at radius 3 is 2.57 bits per heavy atom. The van der Waals surface area contributed by atoms with Crippen molar-refractivity contribution in [1.29, 1.82) is 0 Å². The molecule has 142 valence electrons. The molecule has 0 aliphatic carbocycles. The molecular weight excluding hydrogens is 354 g/mol. The van der Waals surface area contributed by atoms with E-state index in [1.165, 1.54) is 0 Å². The number of nitrogens with zero attached hydrogens (tertiary/aromatic N) is 1. The molecule has 1 aliphatic heterocycles. The molecule has 0 atom stereocenters. The van der Waals surface area contributed by atoms with Crippen LogP contribution in [0.15, 0.2) is 60.8 Å². The van der Waals surface area contributed by atoms with Gasteiger partial charge in [-0.05, 0) is 41.8 Å². The van der Waals surface area contributed by atoms with Crippen molar-refractivity contribution in [3.63, 3.8) is 0 Å². The maximum Gasteiger partial charge on any atom is 0.272 e. The lowest BCUT2D eigenvalue weighted by Gasteiger charge is -2.23. The van der Waals surface area contributed by atoms with Crippen molar-refractivity contribution in [3.8, 4) is 0 Å². The number of rotatable bonds is 4. The fourth-order valence-electron chi connectivity index (χ4n) is 3.40. The quantitative estimate of drug-likeness (QED) is 0.732. The summed E-state index contributed by atoms with van der Waals surface area (Å²) in [5, 5.41) is 7.68. The van der Waals surface area contributed by atoms with Crippen LogP contribution in [0, 0.1) is 0 Å². The number of ether oxygens (including phenoxy) is 1. The molecule has 0 spiro atoms. The average molecular weight is 375 g/mol. The summed E-state index contributed by atoms with van der Waals surface area (Å²) in [5.74, 6) is -0.564. The summed E-state index contributed by atoms with van der Waals surface area (Å²) in [5.41, 5.74) is 1.16. The van der Waals surface area contributed by atoms with Crippen molar-refractivity contribution in [2.75, 3.05) is 18.5 Å². The number of pyridine rings is 1. The molecule has 1 saturated heterocycles. The van der Waals surface area contributed by atoms with Crippen LogP contribution in [0.1, 0.15) is 33.7 Å². The maximum absolute atomic E-state index is 12.9. The van der Waals surface area contributed by atoms with Crippen LogP contribution in [0.4, 0.5) is 5.69 Å². The smallest absolute Gasteiger partial charge is 0.272 e. The monoisotopic (exact) mass is 375 g/mol. The van der Waals surface area contributed by atoms with Gasteiger partial charge in [-0.2, -0.15) is 0 Å².